The molecule has 0 fully saturated rings. The fraction of sp³-hybridized carbons (Fsp3) is 0.500. The van der Waals surface area contributed by atoms with Crippen LogP contribution >= 0.6 is 25.6 Å². The van der Waals surface area contributed by atoms with E-state index in [-0.39, 0.29) is 48.4 Å². The van der Waals surface area contributed by atoms with Crippen molar-refractivity contribution in [3.8, 4) is 0 Å². The first-order valence-electron chi connectivity index (χ1n) is 3.75. The van der Waals surface area contributed by atoms with Crippen LogP contribution in [0.3, 0.4) is 0 Å². The molecule has 0 spiro atoms. The van der Waals surface area contributed by atoms with Gasteiger partial charge in [-0.2, -0.15) is 3.71 Å². The molecule has 89 valence electrons. The van der Waals surface area contributed by atoms with Crippen molar-refractivity contribution < 1.29 is 59.8 Å². The second-order valence-electron chi connectivity index (χ2n) is 2.51. The monoisotopic (exact) mass is 393 g/mol. The molecule has 3 N–H and O–H groups in total. The van der Waals surface area contributed by atoms with Crippen molar-refractivity contribution in [1.29, 1.82) is 0 Å². The van der Waals surface area contributed by atoms with Crippen molar-refractivity contribution in [2.45, 2.75) is 18.9 Å². The van der Waals surface area contributed by atoms with Gasteiger partial charge in [0.25, 0.3) is 0 Å². The number of carboxylic acid groups (broad SMARTS) is 1. The van der Waals surface area contributed by atoms with Crippen molar-refractivity contribution >= 4 is 43.7 Å². The molecule has 0 aromatic carbocycles. The van der Waals surface area contributed by atoms with E-state index in [0.717, 1.165) is 0 Å². The summed E-state index contributed by atoms with van der Waals surface area (Å²) in [6.07, 6.45) is -1.44. The van der Waals surface area contributed by atoms with Gasteiger partial charge in [-0.25, -0.2) is 4.79 Å². The third-order valence-corrected chi connectivity index (χ3v) is 1.67. The van der Waals surface area contributed by atoms with Gasteiger partial charge in [-0.1, -0.05) is 0 Å². The van der Waals surface area contributed by atoms with E-state index in [2.05, 4.69) is 30.4 Å². The predicted molar refractivity (Wildman–Crippen MR) is 56.1 cm³/mol. The number of hydrogen-bond acceptors (Lipinski definition) is 7. The van der Waals surface area contributed by atoms with Gasteiger partial charge in [0, 0.05) is 42.0 Å². The normalized spacial score (nSPS) is 10.9. The average Bonchev–Trinajstić information content (AvgIpc) is 2.13. The number of esters is 1. The summed E-state index contributed by atoms with van der Waals surface area (Å²) in [5, 5.41) is 8.39. The minimum Gasteiger partial charge on any atom is -0.480 e. The summed E-state index contributed by atoms with van der Waals surface area (Å²) in [5.41, 5.74) is 5.12. The Bertz CT molecular complexity index is 276. The number of ether oxygens (including phenoxy) is 1. The molecule has 0 aliphatic heterocycles. The Labute approximate surface area is 131 Å². The second-order valence-corrected chi connectivity index (χ2v) is 3.63. The zero-order valence-electron chi connectivity index (χ0n) is 8.07. The smallest absolute Gasteiger partial charge is 0.437 e. The van der Waals surface area contributed by atoms with Gasteiger partial charge >= 0.3 is 18.0 Å². The Morgan fingerprint density at radius 2 is 1.88 bits per heavy atom. The van der Waals surface area contributed by atoms with E-state index in [0.29, 0.717) is 3.71 Å². The van der Waals surface area contributed by atoms with Crippen molar-refractivity contribution in [2.24, 2.45) is 5.73 Å². The second kappa shape index (κ2) is 9.31. The Balaban J connectivity index is 0. The Morgan fingerprint density at radius 3 is 2.25 bits per heavy atom. The number of hydrogen-bond donors (Lipinski definition) is 4. The zero-order chi connectivity index (χ0) is 12.0. The van der Waals surface area contributed by atoms with Crippen LogP contribution in [0, 0.1) is 35.6 Å². The number of rotatable bonds is 4. The maximum Gasteiger partial charge on any atom is 0.437 e. The maximum absolute atomic E-state index is 10.9. The molecular formula is C6H10LaN2O5S2. The van der Waals surface area contributed by atoms with Gasteiger partial charge in [-0.3, -0.25) is 9.59 Å². The van der Waals surface area contributed by atoms with Gasteiger partial charge in [0.1, 0.15) is 6.04 Å². The summed E-state index contributed by atoms with van der Waals surface area (Å²) in [5.74, 6) is -2.11. The van der Waals surface area contributed by atoms with Crippen LogP contribution < -0.4 is 5.73 Å². The van der Waals surface area contributed by atoms with Crippen LogP contribution in [0.1, 0.15) is 12.8 Å². The van der Waals surface area contributed by atoms with E-state index >= 15 is 0 Å². The van der Waals surface area contributed by atoms with Crippen LogP contribution in [0.4, 0.5) is 4.79 Å². The van der Waals surface area contributed by atoms with Crippen LogP contribution in [-0.4, -0.2) is 32.9 Å². The number of carbonyl (C=O) groups excluding carboxylic acids is 2. The third kappa shape index (κ3) is 8.42. The van der Waals surface area contributed by atoms with Crippen LogP contribution in [0.2, 0.25) is 0 Å². The number of nitrogens with two attached hydrogens (primary N) is 1. The van der Waals surface area contributed by atoms with Crippen LogP contribution in [0.5, 0.6) is 0 Å². The van der Waals surface area contributed by atoms with Crippen molar-refractivity contribution in [3.05, 3.63) is 0 Å². The van der Waals surface area contributed by atoms with Gasteiger partial charge < -0.3 is 15.6 Å². The number of amides is 1. The summed E-state index contributed by atoms with van der Waals surface area (Å²) >= 11 is 6.92. The van der Waals surface area contributed by atoms with E-state index in [4.69, 9.17) is 10.8 Å². The van der Waals surface area contributed by atoms with E-state index < -0.39 is 24.1 Å². The molecule has 0 heterocycles. The molecule has 1 radical (unpaired) electrons. The molecule has 0 aromatic rings. The topological polar surface area (TPSA) is 110 Å². The van der Waals surface area contributed by atoms with E-state index in [1.165, 1.54) is 0 Å². The van der Waals surface area contributed by atoms with Gasteiger partial charge in [0.15, 0.2) is 0 Å². The summed E-state index contributed by atoms with van der Waals surface area (Å²) in [6, 6.07) is -1.16. The van der Waals surface area contributed by atoms with Gasteiger partial charge in [-0.05, 0) is 32.1 Å². The fourth-order valence-electron chi connectivity index (χ4n) is 0.586. The molecule has 0 bridgehead atoms. The van der Waals surface area contributed by atoms with Crippen LogP contribution in [0.15, 0.2) is 0 Å². The first-order chi connectivity index (χ1) is 6.84. The van der Waals surface area contributed by atoms with E-state index in [9.17, 15) is 14.4 Å². The SMILES string of the molecule is N[C@@H](CCC(=O)OC(=O)N(S)S)C(=O)O.[La]. The van der Waals surface area contributed by atoms with E-state index in [1.54, 1.807) is 0 Å². The third-order valence-electron chi connectivity index (χ3n) is 1.34. The minimum absolute atomic E-state index is 0. The van der Waals surface area contributed by atoms with E-state index in [1.807, 2.05) is 0 Å². The van der Waals surface area contributed by atoms with Crippen molar-refractivity contribution in [2.75, 3.05) is 0 Å². The Morgan fingerprint density at radius 1 is 1.38 bits per heavy atom. The van der Waals surface area contributed by atoms with Gasteiger partial charge in [0.2, 0.25) is 0 Å². The predicted octanol–water partition coefficient (Wildman–Crippen LogP) is -0.167. The number of aliphatic carboxylic acids is 1. The molecule has 1 atom stereocenters. The first kappa shape index (κ1) is 18.6. The molecule has 7 nitrogen and oxygen atoms in total. The first-order valence-corrected chi connectivity index (χ1v) is 4.55. The standard InChI is InChI=1S/C6H10N2O5S2.La/c7-3(5(10)11)1-2-4(9)13-6(12)8(14)15;/h3,14-15H,1-2,7H2,(H,10,11);/t3-;/m0./s1. The number of carboxylic acids is 1. The fourth-order valence-corrected chi connectivity index (χ4v) is 0.668. The summed E-state index contributed by atoms with van der Waals surface area (Å²) < 4.78 is 4.67. The average molecular weight is 393 g/mol. The summed E-state index contributed by atoms with van der Waals surface area (Å²) in [7, 11) is 0. The molecule has 0 aliphatic carbocycles. The molecule has 10 heteroatoms. The zero-order valence-corrected chi connectivity index (χ0v) is 13.5. The Kier molecular flexibility index (Phi) is 10.8. The van der Waals surface area contributed by atoms with Crippen LogP contribution in [0.25, 0.3) is 0 Å². The minimum atomic E-state index is -1.22. The molecule has 0 saturated heterocycles. The largest absolute Gasteiger partial charge is 0.480 e. The van der Waals surface area contributed by atoms with Crippen molar-refractivity contribution in [1.82, 2.24) is 3.71 Å². The molecule has 0 aromatic heterocycles. The van der Waals surface area contributed by atoms with Gasteiger partial charge in [-0.15, -0.1) is 0 Å². The molecule has 16 heavy (non-hydrogen) atoms. The van der Waals surface area contributed by atoms with Gasteiger partial charge in [0.05, 0.1) is 0 Å². The molecular weight excluding hydrogens is 383 g/mol. The number of thiol groups is 2. The molecule has 0 saturated carbocycles. The molecule has 0 rings (SSSR count). The summed E-state index contributed by atoms with van der Waals surface area (Å²) in [6.45, 7) is 0. The quantitative estimate of drug-likeness (QED) is 0.300. The molecule has 1 amide bonds. The number of nitrogens with zero attached hydrogens (tertiary/aromatic N) is 1. The van der Waals surface area contributed by atoms with Crippen molar-refractivity contribution in [3.63, 3.8) is 0 Å². The molecule has 0 aliphatic rings. The maximum atomic E-state index is 10.9. The summed E-state index contributed by atoms with van der Waals surface area (Å²) in [4.78, 5) is 31.9. The number of carbonyl (C=O) groups is 3. The molecule has 0 unspecified atom stereocenters. The Hall–Kier alpha value is 0.265. The van der Waals surface area contributed by atoms with Crippen LogP contribution in [-0.2, 0) is 14.3 Å².